The lowest BCUT2D eigenvalue weighted by Crippen LogP contribution is -2.05. The molecule has 0 atom stereocenters. The molecule has 33 heavy (non-hydrogen) atoms. The van der Waals surface area contributed by atoms with Crippen LogP contribution in [0.2, 0.25) is 0 Å². The number of hydrogen-bond donors (Lipinski definition) is 2. The van der Waals surface area contributed by atoms with Crippen molar-refractivity contribution in [2.24, 2.45) is 0 Å². The topological polar surface area (TPSA) is 62.3 Å². The molecule has 4 aromatic rings. The molecule has 0 radical (unpaired) electrons. The number of hydrogen-bond acceptors (Lipinski definition) is 2. The van der Waals surface area contributed by atoms with Gasteiger partial charge in [0.15, 0.2) is 0 Å². The summed E-state index contributed by atoms with van der Waals surface area (Å²) in [6, 6.07) is 14.6. The number of H-pyrrole nitrogens is 1. The van der Waals surface area contributed by atoms with Crippen LogP contribution in [0.15, 0.2) is 48.5 Å². The maximum Gasteiger partial charge on any atom is 0.352 e. The van der Waals surface area contributed by atoms with Crippen LogP contribution in [0.1, 0.15) is 44.7 Å². The van der Waals surface area contributed by atoms with Crippen LogP contribution in [-0.4, -0.2) is 22.7 Å². The van der Waals surface area contributed by atoms with Gasteiger partial charge in [0.05, 0.1) is 12.1 Å². The molecule has 1 heterocycles. The van der Waals surface area contributed by atoms with Gasteiger partial charge in [0, 0.05) is 10.9 Å². The number of nitrogens with one attached hydrogen (secondary N) is 1. The number of aromatic nitrogens is 1. The molecular formula is C28H28FNO3. The smallest absolute Gasteiger partial charge is 0.352 e. The van der Waals surface area contributed by atoms with Gasteiger partial charge in [-0.15, -0.1) is 0 Å². The van der Waals surface area contributed by atoms with E-state index in [9.17, 15) is 14.3 Å². The first-order chi connectivity index (χ1) is 15.8. The van der Waals surface area contributed by atoms with Crippen molar-refractivity contribution in [1.29, 1.82) is 0 Å². The van der Waals surface area contributed by atoms with Crippen LogP contribution in [0.5, 0.6) is 5.75 Å². The summed E-state index contributed by atoms with van der Waals surface area (Å²) in [5, 5.41) is 10.7. The van der Waals surface area contributed by atoms with Gasteiger partial charge in [-0.2, -0.15) is 0 Å². The zero-order chi connectivity index (χ0) is 23.7. The fourth-order valence-electron chi connectivity index (χ4n) is 4.45. The van der Waals surface area contributed by atoms with Crippen molar-refractivity contribution in [3.8, 4) is 16.9 Å². The summed E-state index contributed by atoms with van der Waals surface area (Å²) in [7, 11) is 0. The van der Waals surface area contributed by atoms with E-state index in [4.69, 9.17) is 4.74 Å². The molecule has 4 nitrogen and oxygen atoms in total. The normalized spacial score (nSPS) is 11.2. The summed E-state index contributed by atoms with van der Waals surface area (Å²) in [5.74, 6) is -0.408. The van der Waals surface area contributed by atoms with Crippen molar-refractivity contribution in [2.45, 2.75) is 40.5 Å². The summed E-state index contributed by atoms with van der Waals surface area (Å²) in [4.78, 5) is 15.1. The first-order valence-electron chi connectivity index (χ1n) is 11.1. The second-order valence-electron chi connectivity index (χ2n) is 8.63. The Morgan fingerprint density at radius 2 is 1.79 bits per heavy atom. The number of aromatic amines is 1. The number of rotatable bonds is 7. The fourth-order valence-corrected chi connectivity index (χ4v) is 4.45. The largest absolute Gasteiger partial charge is 0.493 e. The summed E-state index contributed by atoms with van der Waals surface area (Å²) < 4.78 is 19.7. The van der Waals surface area contributed by atoms with Gasteiger partial charge in [0.25, 0.3) is 0 Å². The minimum atomic E-state index is -0.992. The lowest BCUT2D eigenvalue weighted by Gasteiger charge is -2.12. The maximum absolute atomic E-state index is 13.6. The van der Waals surface area contributed by atoms with Crippen LogP contribution >= 0.6 is 0 Å². The summed E-state index contributed by atoms with van der Waals surface area (Å²) >= 11 is 0. The Morgan fingerprint density at radius 3 is 2.52 bits per heavy atom. The van der Waals surface area contributed by atoms with Gasteiger partial charge in [0.1, 0.15) is 17.3 Å². The fraction of sp³-hybridized carbons (Fsp3) is 0.250. The van der Waals surface area contributed by atoms with Crippen LogP contribution in [-0.2, 0) is 6.42 Å². The number of fused-ring (bicyclic) bond motifs is 1. The Balaban J connectivity index is 1.62. The first-order valence-corrected chi connectivity index (χ1v) is 11.1. The zero-order valence-corrected chi connectivity index (χ0v) is 19.4. The van der Waals surface area contributed by atoms with E-state index >= 15 is 0 Å². The van der Waals surface area contributed by atoms with Gasteiger partial charge in [-0.1, -0.05) is 30.3 Å². The number of benzene rings is 3. The van der Waals surface area contributed by atoms with Crippen molar-refractivity contribution in [2.75, 3.05) is 6.61 Å². The van der Waals surface area contributed by atoms with E-state index in [-0.39, 0.29) is 11.5 Å². The second-order valence-corrected chi connectivity index (χ2v) is 8.63. The molecule has 0 aliphatic rings. The van der Waals surface area contributed by atoms with Crippen LogP contribution < -0.4 is 4.74 Å². The maximum atomic E-state index is 13.6. The molecule has 0 aliphatic heterocycles. The number of ether oxygens (including phenoxy) is 1. The van der Waals surface area contributed by atoms with E-state index in [1.165, 1.54) is 17.7 Å². The van der Waals surface area contributed by atoms with E-state index in [0.717, 1.165) is 50.0 Å². The van der Waals surface area contributed by atoms with E-state index in [2.05, 4.69) is 18.0 Å². The summed E-state index contributed by atoms with van der Waals surface area (Å²) in [6.07, 6.45) is 1.25. The van der Waals surface area contributed by atoms with Crippen molar-refractivity contribution in [3.63, 3.8) is 0 Å². The number of para-hydroxylation sites is 1. The molecule has 0 aliphatic carbocycles. The van der Waals surface area contributed by atoms with Gasteiger partial charge >= 0.3 is 5.97 Å². The number of halogens is 1. The highest BCUT2D eigenvalue weighted by atomic mass is 19.1. The molecule has 5 heteroatoms. The molecule has 0 bridgehead atoms. The average molecular weight is 446 g/mol. The average Bonchev–Trinajstić information content (AvgIpc) is 3.14. The third-order valence-corrected chi connectivity index (χ3v) is 6.23. The molecular weight excluding hydrogens is 417 g/mol. The highest BCUT2D eigenvalue weighted by molar-refractivity contribution is 6.03. The minimum absolute atomic E-state index is 0.194. The molecule has 3 aromatic carbocycles. The second kappa shape index (κ2) is 9.10. The number of carboxylic acid groups (broad SMARTS) is 1. The number of aromatic carboxylic acids is 1. The molecule has 1 aromatic heterocycles. The molecule has 0 saturated carbocycles. The standard InChI is InChI=1S/C28H28FNO3/c1-16-13-17(2)19(4)25(14-16)33-12-6-9-24-23-8-5-7-22(26(23)30-27(24)28(31)32)21-11-10-20(29)15-18(21)3/h5,7-8,10-11,13-15,30H,6,9,12H2,1-4H3,(H,31,32). The predicted molar refractivity (Wildman–Crippen MR) is 130 cm³/mol. The molecule has 0 fully saturated rings. The van der Waals surface area contributed by atoms with Crippen molar-refractivity contribution >= 4 is 16.9 Å². The zero-order valence-electron chi connectivity index (χ0n) is 19.4. The van der Waals surface area contributed by atoms with Gasteiger partial charge in [-0.3, -0.25) is 0 Å². The van der Waals surface area contributed by atoms with Crippen molar-refractivity contribution in [3.05, 3.63) is 87.9 Å². The Bertz CT molecular complexity index is 1350. The SMILES string of the molecule is Cc1cc(C)c(C)c(OCCCc2c(C(=O)O)[nH]c3c(-c4ccc(F)cc4C)cccc23)c1. The predicted octanol–water partition coefficient (Wildman–Crippen LogP) is 6.92. The van der Waals surface area contributed by atoms with Gasteiger partial charge in [-0.25, -0.2) is 9.18 Å². The quantitative estimate of drug-likeness (QED) is 0.304. The van der Waals surface area contributed by atoms with E-state index in [1.807, 2.05) is 45.0 Å². The third-order valence-electron chi connectivity index (χ3n) is 6.23. The highest BCUT2D eigenvalue weighted by Gasteiger charge is 2.19. The molecule has 170 valence electrons. The van der Waals surface area contributed by atoms with Gasteiger partial charge in [0.2, 0.25) is 0 Å². The molecule has 0 unspecified atom stereocenters. The molecule has 2 N–H and O–H groups in total. The Morgan fingerprint density at radius 1 is 1.00 bits per heavy atom. The Kier molecular flexibility index (Phi) is 6.23. The monoisotopic (exact) mass is 445 g/mol. The van der Waals surface area contributed by atoms with E-state index in [0.29, 0.717) is 19.4 Å². The number of aryl methyl sites for hydroxylation is 4. The van der Waals surface area contributed by atoms with E-state index < -0.39 is 5.97 Å². The lowest BCUT2D eigenvalue weighted by molar-refractivity contribution is 0.0690. The van der Waals surface area contributed by atoms with E-state index in [1.54, 1.807) is 6.07 Å². The number of carboxylic acids is 1. The van der Waals surface area contributed by atoms with Crippen molar-refractivity contribution < 1.29 is 19.0 Å². The Hall–Kier alpha value is -3.60. The third kappa shape index (κ3) is 4.49. The van der Waals surface area contributed by atoms with Crippen LogP contribution in [0.25, 0.3) is 22.0 Å². The highest BCUT2D eigenvalue weighted by Crippen LogP contribution is 2.34. The van der Waals surface area contributed by atoms with Gasteiger partial charge < -0.3 is 14.8 Å². The van der Waals surface area contributed by atoms with Crippen LogP contribution in [0.4, 0.5) is 4.39 Å². The Labute approximate surface area is 193 Å². The van der Waals surface area contributed by atoms with Crippen LogP contribution in [0.3, 0.4) is 0 Å². The van der Waals surface area contributed by atoms with Crippen LogP contribution in [0, 0.1) is 33.5 Å². The molecule has 0 spiro atoms. The van der Waals surface area contributed by atoms with Gasteiger partial charge in [-0.05, 0) is 92.1 Å². The molecule has 0 amide bonds. The molecule has 0 saturated heterocycles. The lowest BCUT2D eigenvalue weighted by atomic mass is 9.97. The minimum Gasteiger partial charge on any atom is -0.493 e. The summed E-state index contributed by atoms with van der Waals surface area (Å²) in [6.45, 7) is 8.51. The van der Waals surface area contributed by atoms with Crippen molar-refractivity contribution in [1.82, 2.24) is 4.98 Å². The number of carbonyl (C=O) groups is 1. The summed E-state index contributed by atoms with van der Waals surface area (Å²) in [5.41, 5.74) is 7.72. The molecule has 4 rings (SSSR count). The first kappa shape index (κ1) is 22.6.